The first-order valence-corrected chi connectivity index (χ1v) is 5.17. The lowest BCUT2D eigenvalue weighted by Crippen LogP contribution is -2.41. The minimum absolute atomic E-state index is 0.726. The van der Waals surface area contributed by atoms with Gasteiger partial charge in [-0.05, 0) is 26.4 Å². The fraction of sp³-hybridized carbons (Fsp3) is 0.800. The van der Waals surface area contributed by atoms with Crippen molar-refractivity contribution in [2.75, 3.05) is 20.1 Å². The molecular weight excluding hydrogens is 212 g/mol. The molecule has 16 heavy (non-hydrogen) atoms. The first-order chi connectivity index (χ1) is 7.40. The number of nitrogens with one attached hydrogen (secondary N) is 2. The quantitative estimate of drug-likeness (QED) is 0.515. The Balaban J connectivity index is 0. The number of aliphatic carboxylic acids is 2. The molecule has 0 bridgehead atoms. The molecule has 0 saturated carbocycles. The Bertz CT molecular complexity index is 171. The van der Waals surface area contributed by atoms with Gasteiger partial charge in [-0.25, -0.2) is 0 Å². The molecule has 0 aliphatic carbocycles. The summed E-state index contributed by atoms with van der Waals surface area (Å²) in [6.07, 6.45) is 2.66. The Morgan fingerprint density at radius 2 is 1.69 bits per heavy atom. The summed E-state index contributed by atoms with van der Waals surface area (Å²) >= 11 is 0. The second-order valence-electron chi connectivity index (χ2n) is 3.37. The number of hydrogen-bond acceptors (Lipinski definition) is 4. The topological polar surface area (TPSA) is 98.7 Å². The van der Waals surface area contributed by atoms with Gasteiger partial charge in [0.05, 0.1) is 0 Å². The van der Waals surface area contributed by atoms with Crippen LogP contribution in [0.2, 0.25) is 0 Å². The molecule has 0 spiro atoms. The predicted molar refractivity (Wildman–Crippen MR) is 61.6 cm³/mol. The highest BCUT2D eigenvalue weighted by Gasteiger charge is 2.08. The van der Waals surface area contributed by atoms with Crippen LogP contribution in [-0.4, -0.2) is 48.3 Å². The van der Waals surface area contributed by atoms with E-state index in [-0.39, 0.29) is 0 Å². The van der Waals surface area contributed by atoms with Crippen LogP contribution in [0.25, 0.3) is 0 Å². The third-order valence-corrected chi connectivity index (χ3v) is 1.71. The van der Waals surface area contributed by atoms with Crippen molar-refractivity contribution in [1.29, 1.82) is 0 Å². The average molecular weight is 234 g/mol. The van der Waals surface area contributed by atoms with E-state index in [0.29, 0.717) is 0 Å². The molecule has 1 rings (SSSR count). The Morgan fingerprint density at radius 1 is 1.25 bits per heavy atom. The van der Waals surface area contributed by atoms with E-state index >= 15 is 0 Å². The van der Waals surface area contributed by atoms with Crippen molar-refractivity contribution in [3.05, 3.63) is 0 Å². The van der Waals surface area contributed by atoms with E-state index in [4.69, 9.17) is 19.8 Å². The van der Waals surface area contributed by atoms with Crippen LogP contribution in [-0.2, 0) is 9.59 Å². The van der Waals surface area contributed by atoms with Gasteiger partial charge in [-0.15, -0.1) is 0 Å². The van der Waals surface area contributed by atoms with Crippen molar-refractivity contribution in [3.8, 4) is 0 Å². The Kier molecular flexibility index (Phi) is 12.9. The Morgan fingerprint density at radius 3 is 1.88 bits per heavy atom. The maximum absolute atomic E-state index is 9.00. The molecule has 96 valence electrons. The van der Waals surface area contributed by atoms with Crippen molar-refractivity contribution in [3.63, 3.8) is 0 Å². The number of carboxylic acids is 2. The van der Waals surface area contributed by atoms with Crippen LogP contribution in [0.15, 0.2) is 0 Å². The summed E-state index contributed by atoms with van der Waals surface area (Å²) in [5.74, 6) is -1.67. The number of hydrogen-bond donors (Lipinski definition) is 4. The number of carboxylic acid groups (broad SMARTS) is 2. The largest absolute Gasteiger partial charge is 0.481 e. The Hall–Kier alpha value is -1.14. The molecule has 1 aliphatic heterocycles. The van der Waals surface area contributed by atoms with E-state index in [9.17, 15) is 0 Å². The third-order valence-electron chi connectivity index (χ3n) is 1.71. The molecule has 0 aromatic rings. The van der Waals surface area contributed by atoms with Crippen LogP contribution >= 0.6 is 0 Å². The van der Waals surface area contributed by atoms with Gasteiger partial charge in [-0.2, -0.15) is 0 Å². The second-order valence-corrected chi connectivity index (χ2v) is 3.37. The molecule has 0 amide bonds. The van der Waals surface area contributed by atoms with Gasteiger partial charge in [0, 0.05) is 26.4 Å². The summed E-state index contributed by atoms with van der Waals surface area (Å²) in [7, 11) is 2.03. The number of likely N-dealkylation sites (N-methyl/N-ethyl adjacent to an activating group) is 1. The fourth-order valence-corrected chi connectivity index (χ4v) is 1.10. The first-order valence-electron chi connectivity index (χ1n) is 5.17. The van der Waals surface area contributed by atoms with E-state index in [1.807, 2.05) is 7.05 Å². The summed E-state index contributed by atoms with van der Waals surface area (Å²) in [5.41, 5.74) is 0. The molecule has 6 heteroatoms. The van der Waals surface area contributed by atoms with Gasteiger partial charge < -0.3 is 20.8 Å². The summed E-state index contributed by atoms with van der Waals surface area (Å²) in [6.45, 7) is 4.52. The van der Waals surface area contributed by atoms with Crippen LogP contribution in [0, 0.1) is 0 Å². The molecule has 1 unspecified atom stereocenters. The highest BCUT2D eigenvalue weighted by atomic mass is 16.4. The highest BCUT2D eigenvalue weighted by Crippen LogP contribution is 1.98. The molecule has 1 saturated heterocycles. The zero-order valence-electron chi connectivity index (χ0n) is 10.1. The van der Waals surface area contributed by atoms with Crippen LogP contribution in [0.5, 0.6) is 0 Å². The molecule has 1 fully saturated rings. The van der Waals surface area contributed by atoms with Gasteiger partial charge in [0.15, 0.2) is 0 Å². The maximum Gasteiger partial charge on any atom is 0.300 e. The molecule has 4 N–H and O–H groups in total. The normalized spacial score (nSPS) is 18.3. The maximum atomic E-state index is 9.00. The van der Waals surface area contributed by atoms with Crippen LogP contribution in [0.1, 0.15) is 26.7 Å². The van der Waals surface area contributed by atoms with E-state index in [0.717, 1.165) is 26.4 Å². The van der Waals surface area contributed by atoms with E-state index in [1.165, 1.54) is 19.4 Å². The minimum atomic E-state index is -0.833. The van der Waals surface area contributed by atoms with Gasteiger partial charge in [-0.3, -0.25) is 9.59 Å². The van der Waals surface area contributed by atoms with Crippen LogP contribution in [0.3, 0.4) is 0 Å². The first kappa shape index (κ1) is 17.3. The van der Waals surface area contributed by atoms with Crippen molar-refractivity contribution in [1.82, 2.24) is 10.6 Å². The number of rotatable bonds is 1. The van der Waals surface area contributed by atoms with E-state index in [1.54, 1.807) is 0 Å². The van der Waals surface area contributed by atoms with Crippen molar-refractivity contribution < 1.29 is 19.8 Å². The predicted octanol–water partition coefficient (Wildman–Crippen LogP) is 0.140. The van der Waals surface area contributed by atoms with Crippen molar-refractivity contribution in [2.24, 2.45) is 0 Å². The van der Waals surface area contributed by atoms with Gasteiger partial charge in [-0.1, -0.05) is 0 Å². The minimum Gasteiger partial charge on any atom is -0.481 e. The summed E-state index contributed by atoms with van der Waals surface area (Å²) in [5, 5.41) is 21.4. The molecule has 0 aromatic heterocycles. The average Bonchev–Trinajstić information content (AvgIpc) is 2.17. The fourth-order valence-electron chi connectivity index (χ4n) is 1.10. The Labute approximate surface area is 96.0 Å². The summed E-state index contributed by atoms with van der Waals surface area (Å²) in [6, 6.07) is 0.726. The molecule has 1 aliphatic rings. The van der Waals surface area contributed by atoms with Crippen molar-refractivity contribution in [2.45, 2.75) is 32.7 Å². The van der Waals surface area contributed by atoms with Crippen LogP contribution < -0.4 is 10.6 Å². The summed E-state index contributed by atoms with van der Waals surface area (Å²) < 4.78 is 0. The zero-order valence-corrected chi connectivity index (χ0v) is 10.1. The molecule has 1 heterocycles. The van der Waals surface area contributed by atoms with Gasteiger partial charge in [0.2, 0.25) is 0 Å². The molecular formula is C10H22N2O4. The molecule has 1 atom stereocenters. The lowest BCUT2D eigenvalue weighted by molar-refractivity contribution is -0.135. The number of carbonyl (C=O) groups is 2. The standard InChI is InChI=1S/C6H14N2.2C2H4O2/c1-7-6-3-2-4-8-5-6;2*1-2(3)4/h6-8H,2-5H2,1H3;2*1H3,(H,3,4). The molecule has 6 nitrogen and oxygen atoms in total. The molecule has 0 aromatic carbocycles. The third kappa shape index (κ3) is 23.0. The zero-order chi connectivity index (χ0) is 13.0. The van der Waals surface area contributed by atoms with Crippen LogP contribution in [0.4, 0.5) is 0 Å². The number of piperidine rings is 1. The highest BCUT2D eigenvalue weighted by molar-refractivity contribution is 5.63. The lowest BCUT2D eigenvalue weighted by atomic mass is 10.1. The van der Waals surface area contributed by atoms with E-state index in [2.05, 4.69) is 10.6 Å². The SMILES string of the molecule is CC(=O)O.CC(=O)O.CNC1CCCNC1. The monoisotopic (exact) mass is 234 g/mol. The van der Waals surface area contributed by atoms with Crippen molar-refractivity contribution >= 4 is 11.9 Å². The summed E-state index contributed by atoms with van der Waals surface area (Å²) in [4.78, 5) is 18.0. The second kappa shape index (κ2) is 11.9. The lowest BCUT2D eigenvalue weighted by Gasteiger charge is -2.21. The van der Waals surface area contributed by atoms with Gasteiger partial charge >= 0.3 is 0 Å². The smallest absolute Gasteiger partial charge is 0.300 e. The van der Waals surface area contributed by atoms with E-state index < -0.39 is 11.9 Å². The van der Waals surface area contributed by atoms with Gasteiger partial charge in [0.25, 0.3) is 11.9 Å². The van der Waals surface area contributed by atoms with Gasteiger partial charge in [0.1, 0.15) is 0 Å². The molecule has 0 radical (unpaired) electrons.